The van der Waals surface area contributed by atoms with Gasteiger partial charge >= 0.3 is 12.1 Å². The summed E-state index contributed by atoms with van der Waals surface area (Å²) in [6.45, 7) is -0.0655. The number of fused-ring (bicyclic) bond motifs is 1. The van der Waals surface area contributed by atoms with Crippen LogP contribution < -0.4 is 9.62 Å². The van der Waals surface area contributed by atoms with Crippen LogP contribution in [0.1, 0.15) is 27.0 Å². The summed E-state index contributed by atoms with van der Waals surface area (Å²) in [5.41, 5.74) is 1.25. The van der Waals surface area contributed by atoms with Crippen molar-refractivity contribution in [1.29, 1.82) is 0 Å². The lowest BCUT2D eigenvalue weighted by Gasteiger charge is -2.26. The Morgan fingerprint density at radius 2 is 1.64 bits per heavy atom. The number of carboxylic acid groups (broad SMARTS) is 1. The van der Waals surface area contributed by atoms with Crippen LogP contribution in [-0.4, -0.2) is 31.4 Å². The molecule has 0 fully saturated rings. The van der Waals surface area contributed by atoms with E-state index < -0.39 is 39.7 Å². The summed E-state index contributed by atoms with van der Waals surface area (Å²) < 4.78 is 68.4. The van der Waals surface area contributed by atoms with Crippen molar-refractivity contribution in [2.45, 2.75) is 30.1 Å². The summed E-state index contributed by atoms with van der Waals surface area (Å²) >= 11 is 6.18. The number of alkyl halides is 3. The fraction of sp³-hybridized carbons (Fsp3) is 0.133. The molecule has 0 spiro atoms. The van der Waals surface area contributed by atoms with Gasteiger partial charge in [0, 0.05) is 18.0 Å². The summed E-state index contributed by atoms with van der Waals surface area (Å²) in [5.74, 6) is -1.74. The second-order valence-electron chi connectivity index (χ2n) is 9.58. The average Bonchev–Trinajstić information content (AvgIpc) is 3.37. The maximum absolute atomic E-state index is 13.9. The molecule has 4 aromatic carbocycles. The summed E-state index contributed by atoms with van der Waals surface area (Å²) in [6, 6.07) is 19.8. The Balaban J connectivity index is 1.41. The van der Waals surface area contributed by atoms with Crippen LogP contribution in [-0.2, 0) is 34.0 Å². The Bertz CT molecular complexity index is 1790. The Kier molecular flexibility index (Phi) is 7.74. The Labute approximate surface area is 244 Å². The number of rotatable bonds is 7. The molecule has 7 nitrogen and oxygen atoms in total. The van der Waals surface area contributed by atoms with Gasteiger partial charge in [-0.15, -0.1) is 0 Å². The predicted molar refractivity (Wildman–Crippen MR) is 151 cm³/mol. The Morgan fingerprint density at radius 1 is 0.929 bits per heavy atom. The van der Waals surface area contributed by atoms with E-state index in [4.69, 9.17) is 16.7 Å². The smallest absolute Gasteiger partial charge is 0.416 e. The monoisotopic (exact) mass is 614 g/mol. The van der Waals surface area contributed by atoms with E-state index in [1.165, 1.54) is 54.6 Å². The van der Waals surface area contributed by atoms with Gasteiger partial charge in [0.25, 0.3) is 10.0 Å². The lowest BCUT2D eigenvalue weighted by atomic mass is 10.0. The van der Waals surface area contributed by atoms with Gasteiger partial charge in [-0.1, -0.05) is 60.1 Å². The highest BCUT2D eigenvalue weighted by Crippen LogP contribution is 2.38. The number of carbonyl (C=O) groups excluding carboxylic acids is 1. The number of para-hydroxylation sites is 1. The summed E-state index contributed by atoms with van der Waals surface area (Å²) in [4.78, 5) is 24.4. The van der Waals surface area contributed by atoms with Crippen LogP contribution in [0.3, 0.4) is 0 Å². The molecule has 1 heterocycles. The molecule has 1 aliphatic rings. The van der Waals surface area contributed by atoms with Gasteiger partial charge in [-0.2, -0.15) is 13.2 Å². The second-order valence-corrected chi connectivity index (χ2v) is 11.8. The molecule has 216 valence electrons. The topological polar surface area (TPSA) is 104 Å². The lowest BCUT2D eigenvalue weighted by molar-refractivity contribution is -0.137. The van der Waals surface area contributed by atoms with Gasteiger partial charge in [0.05, 0.1) is 21.7 Å². The minimum Gasteiger partial charge on any atom is -0.478 e. The van der Waals surface area contributed by atoms with Crippen LogP contribution in [0.2, 0.25) is 5.02 Å². The number of nitrogens with one attached hydrogen (secondary N) is 1. The zero-order valence-electron chi connectivity index (χ0n) is 21.6. The molecule has 5 rings (SSSR count). The molecule has 0 bridgehead atoms. The number of hydrogen-bond acceptors (Lipinski definition) is 4. The third kappa shape index (κ3) is 5.70. The molecule has 1 amide bonds. The minimum atomic E-state index is -4.52. The van der Waals surface area contributed by atoms with E-state index in [1.54, 1.807) is 24.3 Å². The Hall–Kier alpha value is -4.35. The fourth-order valence-electron chi connectivity index (χ4n) is 4.79. The molecule has 0 aromatic heterocycles. The number of sulfonamides is 1. The highest BCUT2D eigenvalue weighted by Gasteiger charge is 2.42. The molecule has 12 heteroatoms. The summed E-state index contributed by atoms with van der Waals surface area (Å²) in [7, 11) is -4.28. The zero-order chi connectivity index (χ0) is 30.2. The normalized spacial score (nSPS) is 14.9. The standard InChI is InChI=1S/C30H22ClF3N2O5S/c31-25-15-21(29(38)39)8-9-22(25)17-35-28(37)27-16-20-4-1-2-7-26(20)36(27)42(40,41)24-12-10-18(11-13-24)19-5-3-6-23(14-19)30(32,33)34/h1-15,27H,16-17H2,(H,35,37)(H,38,39)/t27-/m0/s1. The van der Waals surface area contributed by atoms with Crippen molar-refractivity contribution in [2.24, 2.45) is 0 Å². The number of anilines is 1. The van der Waals surface area contributed by atoms with E-state index in [-0.39, 0.29) is 34.0 Å². The van der Waals surface area contributed by atoms with Crippen molar-refractivity contribution in [1.82, 2.24) is 5.32 Å². The molecule has 1 atom stereocenters. The van der Waals surface area contributed by atoms with Crippen LogP contribution in [0.4, 0.5) is 18.9 Å². The van der Waals surface area contributed by atoms with Gasteiger partial charge < -0.3 is 10.4 Å². The molecule has 0 unspecified atom stereocenters. The zero-order valence-corrected chi connectivity index (χ0v) is 23.2. The third-order valence-corrected chi connectivity index (χ3v) is 9.10. The first-order valence-electron chi connectivity index (χ1n) is 12.6. The molecule has 0 radical (unpaired) electrons. The quantitative estimate of drug-likeness (QED) is 0.260. The highest BCUT2D eigenvalue weighted by molar-refractivity contribution is 7.93. The number of amides is 1. The van der Waals surface area contributed by atoms with Crippen LogP contribution in [0, 0.1) is 0 Å². The van der Waals surface area contributed by atoms with Crippen molar-refractivity contribution in [2.75, 3.05) is 4.31 Å². The molecule has 0 saturated carbocycles. The van der Waals surface area contributed by atoms with Gasteiger partial charge in [-0.25, -0.2) is 13.2 Å². The highest BCUT2D eigenvalue weighted by atomic mass is 35.5. The van der Waals surface area contributed by atoms with Gasteiger partial charge in [-0.3, -0.25) is 9.10 Å². The largest absolute Gasteiger partial charge is 0.478 e. The van der Waals surface area contributed by atoms with Crippen molar-refractivity contribution in [3.63, 3.8) is 0 Å². The second kappa shape index (κ2) is 11.1. The van der Waals surface area contributed by atoms with Gasteiger partial charge in [-0.05, 0) is 64.7 Å². The number of carbonyl (C=O) groups is 2. The van der Waals surface area contributed by atoms with E-state index >= 15 is 0 Å². The van der Waals surface area contributed by atoms with Crippen LogP contribution in [0.25, 0.3) is 11.1 Å². The van der Waals surface area contributed by atoms with Crippen molar-refractivity contribution in [3.8, 4) is 11.1 Å². The third-order valence-electron chi connectivity index (χ3n) is 6.92. The molecular weight excluding hydrogens is 593 g/mol. The SMILES string of the molecule is O=C(O)c1ccc(CNC(=O)[C@@H]2Cc3ccccc3N2S(=O)(=O)c2ccc(-c3cccc(C(F)(F)F)c3)cc2)c(Cl)c1. The number of halogens is 4. The summed E-state index contributed by atoms with van der Waals surface area (Å²) in [5, 5.41) is 12.0. The molecule has 42 heavy (non-hydrogen) atoms. The van der Waals surface area contributed by atoms with Crippen LogP contribution in [0.15, 0.2) is 95.9 Å². The van der Waals surface area contributed by atoms with Crippen LogP contribution >= 0.6 is 11.6 Å². The molecular formula is C30H22ClF3N2O5S. The van der Waals surface area contributed by atoms with Crippen molar-refractivity contribution >= 4 is 39.2 Å². The van der Waals surface area contributed by atoms with Gasteiger partial charge in [0.15, 0.2) is 0 Å². The first kappa shape index (κ1) is 29.2. The number of carboxylic acids is 1. The molecule has 1 aliphatic heterocycles. The van der Waals surface area contributed by atoms with Crippen molar-refractivity contribution in [3.05, 3.63) is 118 Å². The average molecular weight is 615 g/mol. The van der Waals surface area contributed by atoms with E-state index in [0.29, 0.717) is 22.4 Å². The fourth-order valence-corrected chi connectivity index (χ4v) is 6.68. The Morgan fingerprint density at radius 3 is 2.31 bits per heavy atom. The van der Waals surface area contributed by atoms with Crippen LogP contribution in [0.5, 0.6) is 0 Å². The minimum absolute atomic E-state index is 0.0161. The summed E-state index contributed by atoms with van der Waals surface area (Å²) in [6.07, 6.45) is -4.42. The first-order chi connectivity index (χ1) is 19.9. The van der Waals surface area contributed by atoms with E-state index in [0.717, 1.165) is 16.4 Å². The van der Waals surface area contributed by atoms with E-state index in [9.17, 15) is 31.2 Å². The number of hydrogen-bond donors (Lipinski definition) is 2. The van der Waals surface area contributed by atoms with E-state index in [1.807, 2.05) is 0 Å². The maximum Gasteiger partial charge on any atom is 0.416 e. The predicted octanol–water partition coefficient (Wildman–Crippen LogP) is 6.16. The molecule has 4 aromatic rings. The molecule has 0 saturated heterocycles. The first-order valence-corrected chi connectivity index (χ1v) is 14.4. The number of nitrogens with zero attached hydrogens (tertiary/aromatic N) is 1. The number of aromatic carboxylic acids is 1. The van der Waals surface area contributed by atoms with E-state index in [2.05, 4.69) is 5.32 Å². The van der Waals surface area contributed by atoms with Gasteiger partial charge in [0.2, 0.25) is 5.91 Å². The van der Waals surface area contributed by atoms with Gasteiger partial charge in [0.1, 0.15) is 6.04 Å². The van der Waals surface area contributed by atoms with Crippen molar-refractivity contribution < 1.29 is 36.3 Å². The maximum atomic E-state index is 13.9. The number of benzene rings is 4. The lowest BCUT2D eigenvalue weighted by Crippen LogP contribution is -2.47. The molecule has 2 N–H and O–H groups in total. The molecule has 0 aliphatic carbocycles.